The Balaban J connectivity index is 2.48. The zero-order valence-corrected chi connectivity index (χ0v) is 10.1. The van der Waals surface area contributed by atoms with Gasteiger partial charge in [0.15, 0.2) is 0 Å². The summed E-state index contributed by atoms with van der Waals surface area (Å²) in [6, 6.07) is 7.44. The van der Waals surface area contributed by atoms with Crippen LogP contribution in [0.4, 0.5) is 0 Å². The Bertz CT molecular complexity index is 564. The molecule has 17 heavy (non-hydrogen) atoms. The van der Waals surface area contributed by atoms with Crippen LogP contribution in [0.5, 0.6) is 5.75 Å². The van der Waals surface area contributed by atoms with E-state index in [9.17, 15) is 4.79 Å². The summed E-state index contributed by atoms with van der Waals surface area (Å²) in [5, 5.41) is 0.929. The fraction of sp³-hybridized carbons (Fsp3) is 0.231. The molecule has 4 nitrogen and oxygen atoms in total. The summed E-state index contributed by atoms with van der Waals surface area (Å²) in [6.45, 7) is 0. The number of carbonyl (C=O) groups excluding carboxylic acids is 1. The van der Waals surface area contributed by atoms with Crippen molar-refractivity contribution in [1.82, 2.24) is 9.88 Å². The van der Waals surface area contributed by atoms with E-state index in [1.54, 1.807) is 27.4 Å². The Hall–Kier alpha value is -2.10. The standard InChI is InChI=1S/C13H14N2O2/c1-15(2)13(16)10-6-9-4-5-11(17-3)7-12(9)14-8-10/h4-8H,1-3H3. The summed E-state index contributed by atoms with van der Waals surface area (Å²) in [5.74, 6) is 0.715. The normalized spacial score (nSPS) is 10.3. The molecule has 0 bridgehead atoms. The van der Waals surface area contributed by atoms with Crippen LogP contribution in [-0.2, 0) is 0 Å². The molecule has 4 heteroatoms. The van der Waals surface area contributed by atoms with Crippen LogP contribution in [0.25, 0.3) is 10.9 Å². The number of aromatic nitrogens is 1. The summed E-state index contributed by atoms with van der Waals surface area (Å²) >= 11 is 0. The van der Waals surface area contributed by atoms with Crippen molar-refractivity contribution < 1.29 is 9.53 Å². The summed E-state index contributed by atoms with van der Waals surface area (Å²) in [7, 11) is 5.06. The average molecular weight is 230 g/mol. The molecule has 88 valence electrons. The maximum absolute atomic E-state index is 11.8. The Labute approximate surface area is 99.8 Å². The number of hydrogen-bond donors (Lipinski definition) is 0. The Morgan fingerprint density at radius 3 is 2.71 bits per heavy atom. The van der Waals surface area contributed by atoms with Crippen LogP contribution in [0.15, 0.2) is 30.5 Å². The first-order chi connectivity index (χ1) is 8.11. The SMILES string of the molecule is COc1ccc2cc(C(=O)N(C)C)cnc2c1. The molecule has 1 heterocycles. The van der Waals surface area contributed by atoms with Crippen LogP contribution in [0.2, 0.25) is 0 Å². The van der Waals surface area contributed by atoms with Crippen LogP contribution in [-0.4, -0.2) is 37.0 Å². The lowest BCUT2D eigenvalue weighted by molar-refractivity contribution is 0.0827. The predicted octanol–water partition coefficient (Wildman–Crippen LogP) is 1.95. The minimum atomic E-state index is -0.0461. The molecule has 0 N–H and O–H groups in total. The Morgan fingerprint density at radius 1 is 1.29 bits per heavy atom. The molecule has 0 atom stereocenters. The second kappa shape index (κ2) is 4.41. The first-order valence-electron chi connectivity index (χ1n) is 5.27. The topological polar surface area (TPSA) is 42.4 Å². The summed E-state index contributed by atoms with van der Waals surface area (Å²) in [6.07, 6.45) is 1.59. The number of nitrogens with zero attached hydrogens (tertiary/aromatic N) is 2. The number of fused-ring (bicyclic) bond motifs is 1. The van der Waals surface area contributed by atoms with Crippen molar-refractivity contribution in [2.45, 2.75) is 0 Å². The van der Waals surface area contributed by atoms with Gasteiger partial charge in [-0.05, 0) is 18.2 Å². The molecule has 0 unspecified atom stereocenters. The van der Waals surface area contributed by atoms with Crippen molar-refractivity contribution in [1.29, 1.82) is 0 Å². The molecule has 2 rings (SSSR count). The first kappa shape index (κ1) is 11.4. The van der Waals surface area contributed by atoms with Gasteiger partial charge in [-0.15, -0.1) is 0 Å². The number of amides is 1. The highest BCUT2D eigenvalue weighted by atomic mass is 16.5. The molecule has 2 aromatic rings. The van der Waals surface area contributed by atoms with Crippen LogP contribution in [0.1, 0.15) is 10.4 Å². The molecule has 0 spiro atoms. The summed E-state index contributed by atoms with van der Waals surface area (Å²) < 4.78 is 5.12. The zero-order valence-electron chi connectivity index (χ0n) is 10.1. The van der Waals surface area contributed by atoms with E-state index in [-0.39, 0.29) is 5.91 Å². The molecule has 1 aromatic heterocycles. The monoisotopic (exact) mass is 230 g/mol. The molecule has 0 fully saturated rings. The van der Waals surface area contributed by atoms with Gasteiger partial charge in [-0.25, -0.2) is 0 Å². The second-order valence-electron chi connectivity index (χ2n) is 3.98. The van der Waals surface area contributed by atoms with E-state index < -0.39 is 0 Å². The largest absolute Gasteiger partial charge is 0.497 e. The van der Waals surface area contributed by atoms with Crippen LogP contribution < -0.4 is 4.74 Å². The van der Waals surface area contributed by atoms with E-state index in [4.69, 9.17) is 4.74 Å². The van der Waals surface area contributed by atoms with E-state index in [0.29, 0.717) is 5.56 Å². The number of carbonyl (C=O) groups is 1. The number of pyridine rings is 1. The average Bonchev–Trinajstić information content (AvgIpc) is 2.36. The Kier molecular flexibility index (Phi) is 2.95. The van der Waals surface area contributed by atoms with Crippen molar-refractivity contribution in [3.8, 4) is 5.75 Å². The molecular weight excluding hydrogens is 216 g/mol. The van der Waals surface area contributed by atoms with Gasteiger partial charge in [0.1, 0.15) is 5.75 Å². The summed E-state index contributed by atoms with van der Waals surface area (Å²) in [5.41, 5.74) is 1.41. The maximum Gasteiger partial charge on any atom is 0.254 e. The molecule has 0 aliphatic carbocycles. The van der Waals surface area contributed by atoms with Gasteiger partial charge in [0.2, 0.25) is 0 Å². The van der Waals surface area contributed by atoms with Gasteiger partial charge < -0.3 is 9.64 Å². The van der Waals surface area contributed by atoms with E-state index in [1.165, 1.54) is 4.90 Å². The van der Waals surface area contributed by atoms with Gasteiger partial charge in [-0.1, -0.05) is 0 Å². The zero-order chi connectivity index (χ0) is 12.4. The van der Waals surface area contributed by atoms with Crippen molar-refractivity contribution in [3.63, 3.8) is 0 Å². The quantitative estimate of drug-likeness (QED) is 0.791. The third-order valence-electron chi connectivity index (χ3n) is 2.54. The lowest BCUT2D eigenvalue weighted by Crippen LogP contribution is -2.21. The Morgan fingerprint density at radius 2 is 2.06 bits per heavy atom. The maximum atomic E-state index is 11.8. The van der Waals surface area contributed by atoms with E-state index >= 15 is 0 Å². The fourth-order valence-electron chi connectivity index (χ4n) is 1.60. The smallest absolute Gasteiger partial charge is 0.254 e. The number of rotatable bonds is 2. The number of hydrogen-bond acceptors (Lipinski definition) is 3. The van der Waals surface area contributed by atoms with Gasteiger partial charge in [-0.3, -0.25) is 9.78 Å². The molecular formula is C13H14N2O2. The van der Waals surface area contributed by atoms with Crippen LogP contribution >= 0.6 is 0 Å². The van der Waals surface area contributed by atoms with E-state index in [1.807, 2.05) is 24.3 Å². The molecule has 0 aliphatic rings. The van der Waals surface area contributed by atoms with Gasteiger partial charge in [-0.2, -0.15) is 0 Å². The van der Waals surface area contributed by atoms with Crippen molar-refractivity contribution in [3.05, 3.63) is 36.0 Å². The third-order valence-corrected chi connectivity index (χ3v) is 2.54. The first-order valence-corrected chi connectivity index (χ1v) is 5.27. The molecule has 0 saturated carbocycles. The van der Waals surface area contributed by atoms with Crippen molar-refractivity contribution in [2.75, 3.05) is 21.2 Å². The van der Waals surface area contributed by atoms with Crippen LogP contribution in [0, 0.1) is 0 Å². The molecule has 1 amide bonds. The molecule has 0 radical (unpaired) electrons. The fourth-order valence-corrected chi connectivity index (χ4v) is 1.60. The van der Waals surface area contributed by atoms with Gasteiger partial charge >= 0.3 is 0 Å². The highest BCUT2D eigenvalue weighted by Gasteiger charge is 2.09. The van der Waals surface area contributed by atoms with Gasteiger partial charge in [0.05, 0.1) is 18.2 Å². The molecule has 0 aliphatic heterocycles. The van der Waals surface area contributed by atoms with Gasteiger partial charge in [0, 0.05) is 31.7 Å². The lowest BCUT2D eigenvalue weighted by Gasteiger charge is -2.10. The van der Waals surface area contributed by atoms with Gasteiger partial charge in [0.25, 0.3) is 5.91 Å². The van der Waals surface area contributed by atoms with Crippen LogP contribution in [0.3, 0.4) is 0 Å². The molecule has 1 aromatic carbocycles. The highest BCUT2D eigenvalue weighted by molar-refractivity contribution is 5.97. The van der Waals surface area contributed by atoms with Crippen molar-refractivity contribution >= 4 is 16.8 Å². The second-order valence-corrected chi connectivity index (χ2v) is 3.98. The van der Waals surface area contributed by atoms with E-state index in [0.717, 1.165) is 16.7 Å². The molecule has 0 saturated heterocycles. The minimum absolute atomic E-state index is 0.0461. The van der Waals surface area contributed by atoms with Crippen molar-refractivity contribution in [2.24, 2.45) is 0 Å². The number of ether oxygens (including phenoxy) is 1. The third kappa shape index (κ3) is 2.20. The number of benzene rings is 1. The highest BCUT2D eigenvalue weighted by Crippen LogP contribution is 2.20. The minimum Gasteiger partial charge on any atom is -0.497 e. The predicted molar refractivity (Wildman–Crippen MR) is 66.3 cm³/mol. The van der Waals surface area contributed by atoms with E-state index in [2.05, 4.69) is 4.98 Å². The lowest BCUT2D eigenvalue weighted by atomic mass is 10.1. The summed E-state index contributed by atoms with van der Waals surface area (Å²) in [4.78, 5) is 17.6. The number of methoxy groups -OCH3 is 1.